The molecule has 138 valence electrons. The Labute approximate surface area is 153 Å². The summed E-state index contributed by atoms with van der Waals surface area (Å²) in [4.78, 5) is 3.90. The highest BCUT2D eigenvalue weighted by Crippen LogP contribution is 2.56. The van der Waals surface area contributed by atoms with Crippen molar-refractivity contribution in [1.82, 2.24) is 4.98 Å². The number of nitrogens with zero attached hydrogens (tertiary/aromatic N) is 1. The van der Waals surface area contributed by atoms with Gasteiger partial charge in [0.1, 0.15) is 17.3 Å². The van der Waals surface area contributed by atoms with Crippen LogP contribution in [0.15, 0.2) is 60.8 Å². The highest BCUT2D eigenvalue weighted by Gasteiger charge is 2.68. The molecule has 0 saturated carbocycles. The van der Waals surface area contributed by atoms with Gasteiger partial charge in [-0.3, -0.25) is 4.98 Å². The molecule has 2 nitrogen and oxygen atoms in total. The average molecular weight is 373 g/mol. The maximum absolute atomic E-state index is 15.1. The minimum Gasteiger partial charge on any atom is -0.357 e. The third-order valence-corrected chi connectivity index (χ3v) is 4.78. The zero-order valence-corrected chi connectivity index (χ0v) is 14.3. The Morgan fingerprint density at radius 1 is 0.963 bits per heavy atom. The van der Waals surface area contributed by atoms with Gasteiger partial charge in [-0.25, -0.2) is 8.78 Å². The topological polar surface area (TPSA) is 25.4 Å². The van der Waals surface area contributed by atoms with Gasteiger partial charge in [0.2, 0.25) is 0 Å². The number of ether oxygens (including phenoxy) is 1. The molecular formula is C21H15F4NO. The Bertz CT molecular complexity index is 980. The zero-order chi connectivity index (χ0) is 19.2. The van der Waals surface area contributed by atoms with E-state index in [4.69, 9.17) is 4.74 Å². The van der Waals surface area contributed by atoms with Crippen molar-refractivity contribution in [2.75, 3.05) is 6.61 Å². The predicted octanol–water partition coefficient (Wildman–Crippen LogP) is 5.35. The minimum atomic E-state index is -3.57. The van der Waals surface area contributed by atoms with E-state index in [1.807, 2.05) is 31.2 Å². The van der Waals surface area contributed by atoms with E-state index < -0.39 is 28.9 Å². The standard InChI is InChI=1S/C21H15F4NO/c1-13-2-4-14(5-3-13)15-6-9-19(26-11-15)21(24,25)20(12-27-20)17-8-7-16(22)10-18(17)23/h2-11H,12H2,1H3/t20-/m1/s1. The van der Waals surface area contributed by atoms with Crippen molar-refractivity contribution in [2.24, 2.45) is 0 Å². The second kappa shape index (κ2) is 6.16. The molecule has 0 N–H and O–H groups in total. The molecule has 1 aliphatic rings. The second-order valence-corrected chi connectivity index (χ2v) is 6.61. The Morgan fingerprint density at radius 3 is 2.19 bits per heavy atom. The van der Waals surface area contributed by atoms with Gasteiger partial charge in [-0.15, -0.1) is 0 Å². The van der Waals surface area contributed by atoms with E-state index in [9.17, 15) is 8.78 Å². The van der Waals surface area contributed by atoms with E-state index in [0.717, 1.165) is 23.3 Å². The van der Waals surface area contributed by atoms with Gasteiger partial charge in [0.15, 0.2) is 5.60 Å². The first kappa shape index (κ1) is 17.7. The monoisotopic (exact) mass is 373 g/mol. The van der Waals surface area contributed by atoms with Crippen LogP contribution >= 0.6 is 0 Å². The molecule has 0 radical (unpaired) electrons. The van der Waals surface area contributed by atoms with Crippen molar-refractivity contribution in [2.45, 2.75) is 18.4 Å². The number of pyridine rings is 1. The Hall–Kier alpha value is -2.73. The molecule has 0 spiro atoms. The smallest absolute Gasteiger partial charge is 0.324 e. The van der Waals surface area contributed by atoms with E-state index >= 15 is 8.78 Å². The van der Waals surface area contributed by atoms with Crippen LogP contribution in [0.25, 0.3) is 11.1 Å². The molecule has 0 amide bonds. The van der Waals surface area contributed by atoms with Crippen molar-refractivity contribution < 1.29 is 22.3 Å². The fourth-order valence-electron chi connectivity index (χ4n) is 3.10. The molecule has 3 aromatic rings. The maximum atomic E-state index is 15.1. The number of aryl methyl sites for hydroxylation is 1. The van der Waals surface area contributed by atoms with Crippen molar-refractivity contribution in [3.63, 3.8) is 0 Å². The van der Waals surface area contributed by atoms with Crippen molar-refractivity contribution in [1.29, 1.82) is 0 Å². The molecule has 1 aliphatic heterocycles. The number of rotatable bonds is 4. The Morgan fingerprint density at radius 2 is 1.63 bits per heavy atom. The number of benzene rings is 2. The van der Waals surface area contributed by atoms with Crippen molar-refractivity contribution in [3.05, 3.63) is 89.2 Å². The largest absolute Gasteiger partial charge is 0.357 e. The van der Waals surface area contributed by atoms with Crippen LogP contribution in [0.2, 0.25) is 0 Å². The number of aromatic nitrogens is 1. The van der Waals surface area contributed by atoms with Crippen LogP contribution in [0, 0.1) is 18.6 Å². The summed E-state index contributed by atoms with van der Waals surface area (Å²) in [5, 5.41) is 0. The third kappa shape index (κ3) is 2.90. The van der Waals surface area contributed by atoms with E-state index in [0.29, 0.717) is 11.6 Å². The molecule has 1 fully saturated rings. The lowest BCUT2D eigenvalue weighted by molar-refractivity contribution is -0.0901. The highest BCUT2D eigenvalue weighted by molar-refractivity contribution is 5.62. The lowest BCUT2D eigenvalue weighted by Crippen LogP contribution is -2.34. The number of alkyl halides is 2. The summed E-state index contributed by atoms with van der Waals surface area (Å²) in [6.45, 7) is 1.58. The fraction of sp³-hybridized carbons (Fsp3) is 0.190. The summed E-state index contributed by atoms with van der Waals surface area (Å²) in [5.74, 6) is -5.48. The van der Waals surface area contributed by atoms with Crippen LogP contribution < -0.4 is 0 Å². The van der Waals surface area contributed by atoms with Crippen LogP contribution in [0.1, 0.15) is 16.8 Å². The van der Waals surface area contributed by atoms with Gasteiger partial charge in [-0.1, -0.05) is 35.9 Å². The fourth-order valence-corrected chi connectivity index (χ4v) is 3.10. The summed E-state index contributed by atoms with van der Waals surface area (Å²) in [6, 6.07) is 12.8. The number of hydrogen-bond acceptors (Lipinski definition) is 2. The first-order chi connectivity index (χ1) is 12.8. The first-order valence-corrected chi connectivity index (χ1v) is 8.34. The number of halogens is 4. The maximum Gasteiger partial charge on any atom is 0.324 e. The summed E-state index contributed by atoms with van der Waals surface area (Å²) in [6.07, 6.45) is 1.35. The number of hydrogen-bond donors (Lipinski definition) is 0. The molecule has 1 saturated heterocycles. The molecular weight excluding hydrogens is 358 g/mol. The average Bonchev–Trinajstić information content (AvgIpc) is 3.45. The second-order valence-electron chi connectivity index (χ2n) is 6.61. The van der Waals surface area contributed by atoms with Crippen molar-refractivity contribution in [3.8, 4) is 11.1 Å². The molecule has 0 aliphatic carbocycles. The van der Waals surface area contributed by atoms with Crippen LogP contribution in [-0.2, 0) is 16.3 Å². The molecule has 6 heteroatoms. The lowest BCUT2D eigenvalue weighted by Gasteiger charge is -2.24. The molecule has 4 rings (SSSR count). The summed E-state index contributed by atoms with van der Waals surface area (Å²) in [5.41, 5.74) is -0.441. The lowest BCUT2D eigenvalue weighted by atomic mass is 9.90. The summed E-state index contributed by atoms with van der Waals surface area (Å²) in [7, 11) is 0. The summed E-state index contributed by atoms with van der Waals surface area (Å²) >= 11 is 0. The van der Waals surface area contributed by atoms with Gasteiger partial charge in [0.05, 0.1) is 6.61 Å². The van der Waals surface area contributed by atoms with Crippen LogP contribution in [0.3, 0.4) is 0 Å². The molecule has 0 unspecified atom stereocenters. The SMILES string of the molecule is Cc1ccc(-c2ccc(C(F)(F)[C@]3(c4ccc(F)cc4F)CO3)nc2)cc1. The zero-order valence-electron chi connectivity index (χ0n) is 14.3. The predicted molar refractivity (Wildman–Crippen MR) is 92.3 cm³/mol. The molecule has 1 atom stereocenters. The number of epoxide rings is 1. The molecule has 0 bridgehead atoms. The normalized spacial score (nSPS) is 19.1. The molecule has 1 aromatic heterocycles. The summed E-state index contributed by atoms with van der Waals surface area (Å²) < 4.78 is 62.4. The van der Waals surface area contributed by atoms with Crippen LogP contribution in [0.4, 0.5) is 17.6 Å². The van der Waals surface area contributed by atoms with Gasteiger partial charge in [-0.2, -0.15) is 8.78 Å². The van der Waals surface area contributed by atoms with Gasteiger partial charge in [-0.05, 0) is 30.7 Å². The molecule has 2 heterocycles. The highest BCUT2D eigenvalue weighted by atomic mass is 19.3. The van der Waals surface area contributed by atoms with E-state index in [1.54, 1.807) is 0 Å². The first-order valence-electron chi connectivity index (χ1n) is 8.34. The Kier molecular flexibility index (Phi) is 4.03. The quantitative estimate of drug-likeness (QED) is 0.455. The van der Waals surface area contributed by atoms with E-state index in [-0.39, 0.29) is 12.2 Å². The van der Waals surface area contributed by atoms with Gasteiger partial charge in [0.25, 0.3) is 0 Å². The van der Waals surface area contributed by atoms with E-state index in [2.05, 4.69) is 4.98 Å². The minimum absolute atomic E-state index is 0.371. The van der Waals surface area contributed by atoms with Gasteiger partial charge >= 0.3 is 5.92 Å². The third-order valence-electron chi connectivity index (χ3n) is 4.78. The van der Waals surface area contributed by atoms with Gasteiger partial charge in [0, 0.05) is 23.4 Å². The Balaban J connectivity index is 1.68. The van der Waals surface area contributed by atoms with Crippen molar-refractivity contribution >= 4 is 0 Å². The molecule has 2 aromatic carbocycles. The van der Waals surface area contributed by atoms with E-state index in [1.165, 1.54) is 18.3 Å². The van der Waals surface area contributed by atoms with Crippen LogP contribution in [0.5, 0.6) is 0 Å². The van der Waals surface area contributed by atoms with Gasteiger partial charge < -0.3 is 4.74 Å². The molecule has 27 heavy (non-hydrogen) atoms. The van der Waals surface area contributed by atoms with Crippen LogP contribution in [-0.4, -0.2) is 11.6 Å².